The van der Waals surface area contributed by atoms with E-state index in [1.165, 1.54) is 0 Å². The number of rotatable bonds is 5. The number of carbonyl (C=O) groups excluding carboxylic acids is 2. The van der Waals surface area contributed by atoms with Gasteiger partial charge in [-0.25, -0.2) is 0 Å². The van der Waals surface area contributed by atoms with Crippen molar-refractivity contribution in [1.29, 1.82) is 0 Å². The van der Waals surface area contributed by atoms with Crippen molar-refractivity contribution in [3.63, 3.8) is 0 Å². The summed E-state index contributed by atoms with van der Waals surface area (Å²) in [5.74, 6) is -0.0940. The van der Waals surface area contributed by atoms with Crippen LogP contribution in [0, 0.1) is 0 Å². The zero-order chi connectivity index (χ0) is 18.5. The van der Waals surface area contributed by atoms with Gasteiger partial charge in [0, 0.05) is 17.4 Å². The molecule has 1 aliphatic rings. The van der Waals surface area contributed by atoms with Crippen molar-refractivity contribution in [3.8, 4) is 0 Å². The third-order valence-electron chi connectivity index (χ3n) is 4.77. The Labute approximate surface area is 162 Å². The maximum absolute atomic E-state index is 13.2. The van der Waals surface area contributed by atoms with Gasteiger partial charge in [0.1, 0.15) is 6.04 Å². The molecular weight excluding hydrogens is 392 g/mol. The smallest absolute Gasteiger partial charge is 0.247 e. The van der Waals surface area contributed by atoms with E-state index in [4.69, 9.17) is 0 Å². The van der Waals surface area contributed by atoms with E-state index in [0.29, 0.717) is 13.0 Å². The van der Waals surface area contributed by atoms with Crippen molar-refractivity contribution in [3.05, 3.63) is 70.2 Å². The summed E-state index contributed by atoms with van der Waals surface area (Å²) in [6.07, 6.45) is 2.34. The zero-order valence-corrected chi connectivity index (χ0v) is 16.4. The van der Waals surface area contributed by atoms with Crippen molar-refractivity contribution >= 4 is 27.7 Å². The molecule has 2 unspecified atom stereocenters. The van der Waals surface area contributed by atoms with Crippen LogP contribution in [0.2, 0.25) is 0 Å². The number of benzene rings is 2. The molecule has 0 bridgehead atoms. The maximum Gasteiger partial charge on any atom is 0.247 e. The van der Waals surface area contributed by atoms with Gasteiger partial charge in [-0.1, -0.05) is 64.5 Å². The minimum absolute atomic E-state index is 0.0498. The fourth-order valence-corrected chi connectivity index (χ4v) is 4.03. The van der Waals surface area contributed by atoms with Crippen LogP contribution in [-0.4, -0.2) is 23.3 Å². The molecule has 2 aromatic carbocycles. The van der Waals surface area contributed by atoms with Crippen LogP contribution in [0.15, 0.2) is 59.1 Å². The van der Waals surface area contributed by atoms with Crippen molar-refractivity contribution in [1.82, 2.24) is 10.2 Å². The highest BCUT2D eigenvalue weighted by molar-refractivity contribution is 9.10. The number of nitrogens with zero attached hydrogens (tertiary/aromatic N) is 1. The van der Waals surface area contributed by atoms with Gasteiger partial charge in [-0.3, -0.25) is 9.59 Å². The highest BCUT2D eigenvalue weighted by atomic mass is 79.9. The van der Waals surface area contributed by atoms with Crippen LogP contribution in [0.5, 0.6) is 0 Å². The lowest BCUT2D eigenvalue weighted by Crippen LogP contribution is -2.46. The molecule has 2 amide bonds. The van der Waals surface area contributed by atoms with E-state index in [1.54, 1.807) is 4.90 Å². The quantitative estimate of drug-likeness (QED) is 0.788. The standard InChI is InChI=1S/C21H23BrN2O2/c1-15(17-11-5-6-12-18(17)22)23-21(26)20(16-9-3-2-4-10-16)24-14-8-7-13-19(24)25/h2-6,9-12,15,20H,7-8,13-14H2,1H3,(H,23,26). The molecule has 26 heavy (non-hydrogen) atoms. The third-order valence-corrected chi connectivity index (χ3v) is 5.49. The molecule has 0 aliphatic carbocycles. The summed E-state index contributed by atoms with van der Waals surface area (Å²) in [4.78, 5) is 27.3. The number of amides is 2. The molecule has 136 valence electrons. The largest absolute Gasteiger partial charge is 0.347 e. The van der Waals surface area contributed by atoms with Gasteiger partial charge in [-0.05, 0) is 37.0 Å². The minimum atomic E-state index is -0.589. The number of halogens is 1. The number of nitrogens with one attached hydrogen (secondary N) is 1. The van der Waals surface area contributed by atoms with Crippen LogP contribution in [-0.2, 0) is 9.59 Å². The topological polar surface area (TPSA) is 49.4 Å². The summed E-state index contributed by atoms with van der Waals surface area (Å²) in [5.41, 5.74) is 1.86. The lowest BCUT2D eigenvalue weighted by molar-refractivity contribution is -0.143. The van der Waals surface area contributed by atoms with Crippen LogP contribution < -0.4 is 5.32 Å². The van der Waals surface area contributed by atoms with E-state index in [-0.39, 0.29) is 17.9 Å². The summed E-state index contributed by atoms with van der Waals surface area (Å²) < 4.78 is 0.957. The summed E-state index contributed by atoms with van der Waals surface area (Å²) >= 11 is 3.54. The summed E-state index contributed by atoms with van der Waals surface area (Å²) in [7, 11) is 0. The number of likely N-dealkylation sites (tertiary alicyclic amines) is 1. The molecule has 2 atom stereocenters. The number of carbonyl (C=O) groups is 2. The van der Waals surface area contributed by atoms with Crippen LogP contribution in [0.4, 0.5) is 0 Å². The summed E-state index contributed by atoms with van der Waals surface area (Å²) in [6.45, 7) is 2.58. The predicted molar refractivity (Wildman–Crippen MR) is 105 cm³/mol. The Balaban J connectivity index is 1.85. The van der Waals surface area contributed by atoms with E-state index < -0.39 is 6.04 Å². The Morgan fingerprint density at radius 1 is 1.08 bits per heavy atom. The van der Waals surface area contributed by atoms with Crippen LogP contribution in [0.25, 0.3) is 0 Å². The molecule has 0 spiro atoms. The van der Waals surface area contributed by atoms with Gasteiger partial charge in [0.05, 0.1) is 6.04 Å². The lowest BCUT2D eigenvalue weighted by atomic mass is 9.99. The van der Waals surface area contributed by atoms with E-state index in [2.05, 4.69) is 21.2 Å². The predicted octanol–water partition coefficient (Wildman–Crippen LogP) is 4.38. The molecule has 2 aromatic rings. The Hall–Kier alpha value is -2.14. The monoisotopic (exact) mass is 414 g/mol. The normalized spacial score (nSPS) is 16.8. The molecule has 4 nitrogen and oxygen atoms in total. The Morgan fingerprint density at radius 2 is 1.77 bits per heavy atom. The Kier molecular flexibility index (Phi) is 6.09. The molecule has 0 saturated carbocycles. The molecule has 1 saturated heterocycles. The molecule has 3 rings (SSSR count). The van der Waals surface area contributed by atoms with E-state index in [0.717, 1.165) is 28.4 Å². The molecule has 1 N–H and O–H groups in total. The first-order chi connectivity index (χ1) is 12.6. The van der Waals surface area contributed by atoms with Crippen molar-refractivity contribution < 1.29 is 9.59 Å². The SMILES string of the molecule is CC(NC(=O)C(c1ccccc1)N1CCCCC1=O)c1ccccc1Br. The van der Waals surface area contributed by atoms with Crippen LogP contribution >= 0.6 is 15.9 Å². The van der Waals surface area contributed by atoms with Gasteiger partial charge in [-0.15, -0.1) is 0 Å². The second kappa shape index (κ2) is 8.49. The van der Waals surface area contributed by atoms with Gasteiger partial charge in [0.15, 0.2) is 0 Å². The first kappa shape index (κ1) is 18.6. The summed E-state index contributed by atoms with van der Waals surface area (Å²) in [6, 6.07) is 16.6. The van der Waals surface area contributed by atoms with E-state index in [1.807, 2.05) is 61.5 Å². The minimum Gasteiger partial charge on any atom is -0.347 e. The molecule has 1 heterocycles. The fourth-order valence-electron chi connectivity index (χ4n) is 3.40. The third kappa shape index (κ3) is 4.15. The molecule has 1 aliphatic heterocycles. The van der Waals surface area contributed by atoms with Crippen molar-refractivity contribution in [2.75, 3.05) is 6.54 Å². The molecule has 0 radical (unpaired) electrons. The highest BCUT2D eigenvalue weighted by Crippen LogP contribution is 2.28. The number of hydrogen-bond donors (Lipinski definition) is 1. The van der Waals surface area contributed by atoms with Gasteiger partial charge < -0.3 is 10.2 Å². The first-order valence-corrected chi connectivity index (χ1v) is 9.76. The highest BCUT2D eigenvalue weighted by Gasteiger charge is 2.33. The average molecular weight is 415 g/mol. The Bertz CT molecular complexity index is 779. The van der Waals surface area contributed by atoms with Crippen LogP contribution in [0.1, 0.15) is 49.4 Å². The van der Waals surface area contributed by atoms with E-state index >= 15 is 0 Å². The number of hydrogen-bond acceptors (Lipinski definition) is 2. The molecule has 5 heteroatoms. The van der Waals surface area contributed by atoms with Crippen molar-refractivity contribution in [2.24, 2.45) is 0 Å². The first-order valence-electron chi connectivity index (χ1n) is 8.97. The Morgan fingerprint density at radius 3 is 2.46 bits per heavy atom. The summed E-state index contributed by atoms with van der Waals surface area (Å²) in [5, 5.41) is 3.09. The van der Waals surface area contributed by atoms with Gasteiger partial charge in [0.25, 0.3) is 0 Å². The average Bonchev–Trinajstić information content (AvgIpc) is 2.65. The maximum atomic E-state index is 13.2. The van der Waals surface area contributed by atoms with Gasteiger partial charge in [-0.2, -0.15) is 0 Å². The van der Waals surface area contributed by atoms with Crippen LogP contribution in [0.3, 0.4) is 0 Å². The van der Waals surface area contributed by atoms with E-state index in [9.17, 15) is 9.59 Å². The van der Waals surface area contributed by atoms with Gasteiger partial charge >= 0.3 is 0 Å². The second-order valence-electron chi connectivity index (χ2n) is 6.61. The molecule has 0 aromatic heterocycles. The van der Waals surface area contributed by atoms with Crippen molar-refractivity contribution in [2.45, 2.75) is 38.3 Å². The lowest BCUT2D eigenvalue weighted by Gasteiger charge is -2.34. The second-order valence-corrected chi connectivity index (χ2v) is 7.46. The van der Waals surface area contributed by atoms with Gasteiger partial charge in [0.2, 0.25) is 11.8 Å². The fraction of sp³-hybridized carbons (Fsp3) is 0.333. The zero-order valence-electron chi connectivity index (χ0n) is 14.8. The molecular formula is C21H23BrN2O2. The molecule has 1 fully saturated rings. The number of piperidine rings is 1.